The second-order valence-electron chi connectivity index (χ2n) is 6.63. The van der Waals surface area contributed by atoms with Crippen molar-refractivity contribution < 1.29 is 13.9 Å². The normalized spacial score (nSPS) is 19.5. The van der Waals surface area contributed by atoms with Gasteiger partial charge in [-0.1, -0.05) is 12.1 Å². The van der Waals surface area contributed by atoms with E-state index in [2.05, 4.69) is 20.2 Å². The van der Waals surface area contributed by atoms with Crippen molar-refractivity contribution in [1.29, 1.82) is 0 Å². The van der Waals surface area contributed by atoms with E-state index in [1.54, 1.807) is 29.8 Å². The Morgan fingerprint density at radius 3 is 2.50 bits per heavy atom. The van der Waals surface area contributed by atoms with Crippen LogP contribution in [0.3, 0.4) is 0 Å². The largest absolute Gasteiger partial charge is 0.356 e. The molecule has 2 aliphatic heterocycles. The fourth-order valence-electron chi connectivity index (χ4n) is 3.79. The Morgan fingerprint density at radius 1 is 1.04 bits per heavy atom. The van der Waals surface area contributed by atoms with Gasteiger partial charge in [-0.15, -0.1) is 11.3 Å². The van der Waals surface area contributed by atoms with E-state index < -0.39 is 5.79 Å². The summed E-state index contributed by atoms with van der Waals surface area (Å²) < 4.78 is 25.0. The van der Waals surface area contributed by atoms with Gasteiger partial charge < -0.3 is 14.4 Å². The molecule has 2 aliphatic rings. The molecule has 0 aliphatic carbocycles. The zero-order chi connectivity index (χ0) is 17.6. The molecular formula is C19H18FN3O2S. The van der Waals surface area contributed by atoms with E-state index >= 15 is 0 Å². The van der Waals surface area contributed by atoms with Crippen LogP contribution < -0.4 is 4.90 Å². The van der Waals surface area contributed by atoms with E-state index in [0.717, 1.165) is 53.1 Å². The van der Waals surface area contributed by atoms with Gasteiger partial charge in [0.05, 0.1) is 18.6 Å². The van der Waals surface area contributed by atoms with Gasteiger partial charge in [0.15, 0.2) is 5.79 Å². The summed E-state index contributed by atoms with van der Waals surface area (Å²) in [6, 6.07) is 6.58. The Bertz CT molecular complexity index is 928. The average Bonchev–Trinajstić information content (AvgIpc) is 3.30. The van der Waals surface area contributed by atoms with Crippen molar-refractivity contribution in [3.8, 4) is 11.1 Å². The predicted octanol–water partition coefficient (Wildman–Crippen LogP) is 3.84. The third-order valence-electron chi connectivity index (χ3n) is 5.14. The molecule has 3 aromatic rings. The van der Waals surface area contributed by atoms with Crippen molar-refractivity contribution in [2.24, 2.45) is 0 Å². The van der Waals surface area contributed by atoms with Crippen molar-refractivity contribution in [2.75, 3.05) is 31.2 Å². The lowest BCUT2D eigenvalue weighted by Crippen LogP contribution is -2.45. The van der Waals surface area contributed by atoms with Crippen LogP contribution >= 0.6 is 11.3 Å². The molecule has 0 amide bonds. The van der Waals surface area contributed by atoms with Gasteiger partial charge in [-0.3, -0.25) is 0 Å². The minimum Gasteiger partial charge on any atom is -0.356 e. The summed E-state index contributed by atoms with van der Waals surface area (Å²) in [4.78, 5) is 12.2. The lowest BCUT2D eigenvalue weighted by atomic mass is 10.0. The Morgan fingerprint density at radius 2 is 1.77 bits per heavy atom. The number of fused-ring (bicyclic) bond motifs is 1. The molecule has 1 spiro atoms. The van der Waals surface area contributed by atoms with E-state index in [0.29, 0.717) is 13.2 Å². The summed E-state index contributed by atoms with van der Waals surface area (Å²) in [7, 11) is 0. The first-order chi connectivity index (χ1) is 12.7. The monoisotopic (exact) mass is 371 g/mol. The molecule has 0 bridgehead atoms. The smallest absolute Gasteiger partial charge is 0.171 e. The van der Waals surface area contributed by atoms with Crippen LogP contribution in [0.1, 0.15) is 12.8 Å². The van der Waals surface area contributed by atoms with Gasteiger partial charge in [-0.05, 0) is 17.7 Å². The maximum absolute atomic E-state index is 13.3. The number of piperidine rings is 1. The summed E-state index contributed by atoms with van der Waals surface area (Å²) in [5.74, 6) is 0.294. The van der Waals surface area contributed by atoms with Crippen molar-refractivity contribution in [3.63, 3.8) is 0 Å². The van der Waals surface area contributed by atoms with Crippen molar-refractivity contribution in [1.82, 2.24) is 9.97 Å². The maximum atomic E-state index is 13.3. The van der Waals surface area contributed by atoms with Crippen molar-refractivity contribution in [3.05, 3.63) is 41.8 Å². The third-order valence-corrected chi connectivity index (χ3v) is 6.03. The molecule has 5 rings (SSSR count). The number of aromatic nitrogens is 2. The lowest BCUT2D eigenvalue weighted by molar-refractivity contribution is -0.169. The van der Waals surface area contributed by atoms with Crippen LogP contribution in [-0.4, -0.2) is 42.1 Å². The van der Waals surface area contributed by atoms with Crippen LogP contribution in [0.4, 0.5) is 10.2 Å². The minimum absolute atomic E-state index is 0.234. The fourth-order valence-corrected chi connectivity index (χ4v) is 4.70. The molecule has 0 saturated carbocycles. The average molecular weight is 371 g/mol. The molecule has 0 N–H and O–H groups in total. The molecule has 4 heterocycles. The Kier molecular flexibility index (Phi) is 3.88. The molecule has 5 nitrogen and oxygen atoms in total. The van der Waals surface area contributed by atoms with E-state index in [1.807, 2.05) is 0 Å². The highest BCUT2D eigenvalue weighted by Gasteiger charge is 2.40. The lowest BCUT2D eigenvalue weighted by Gasteiger charge is -2.38. The summed E-state index contributed by atoms with van der Waals surface area (Å²) >= 11 is 1.59. The van der Waals surface area contributed by atoms with E-state index in [4.69, 9.17) is 9.47 Å². The summed E-state index contributed by atoms with van der Waals surface area (Å²) in [6.07, 6.45) is 3.28. The van der Waals surface area contributed by atoms with Crippen molar-refractivity contribution >= 4 is 27.4 Å². The van der Waals surface area contributed by atoms with E-state index in [1.165, 1.54) is 12.1 Å². The molecule has 0 radical (unpaired) electrons. The van der Waals surface area contributed by atoms with Crippen LogP contribution in [0.15, 0.2) is 36.0 Å². The second kappa shape index (κ2) is 6.26. The zero-order valence-electron chi connectivity index (χ0n) is 14.2. The number of ether oxygens (including phenoxy) is 2. The molecule has 2 aromatic heterocycles. The van der Waals surface area contributed by atoms with Gasteiger partial charge in [-0.2, -0.15) is 0 Å². The topological polar surface area (TPSA) is 47.5 Å². The molecule has 0 atom stereocenters. The van der Waals surface area contributed by atoms with Gasteiger partial charge in [0.2, 0.25) is 0 Å². The number of rotatable bonds is 2. The standard InChI is InChI=1S/C19H18FN3O2S/c20-14-3-1-13(2-4-14)15-11-26-18-16(15)17(21-12-22-18)23-7-5-19(6-8-23)24-9-10-25-19/h1-4,11-12H,5-10H2. The van der Waals surface area contributed by atoms with Crippen LogP contribution in [0.25, 0.3) is 21.3 Å². The highest BCUT2D eigenvalue weighted by Crippen LogP contribution is 2.40. The zero-order valence-corrected chi connectivity index (χ0v) is 15.0. The third kappa shape index (κ3) is 2.67. The summed E-state index contributed by atoms with van der Waals surface area (Å²) in [6.45, 7) is 3.00. The molecule has 2 saturated heterocycles. The van der Waals surface area contributed by atoms with Gasteiger partial charge in [-0.25, -0.2) is 14.4 Å². The molecule has 134 valence electrons. The van der Waals surface area contributed by atoms with Crippen LogP contribution in [0, 0.1) is 5.82 Å². The first-order valence-corrected chi connectivity index (χ1v) is 9.63. The van der Waals surface area contributed by atoms with Crippen LogP contribution in [0.5, 0.6) is 0 Å². The first kappa shape index (κ1) is 16.1. The minimum atomic E-state index is -0.406. The fraction of sp³-hybridized carbons (Fsp3) is 0.368. The molecule has 7 heteroatoms. The SMILES string of the molecule is Fc1ccc(-c2csc3ncnc(N4CCC5(CC4)OCCO5)c23)cc1. The van der Waals surface area contributed by atoms with E-state index in [9.17, 15) is 4.39 Å². The highest BCUT2D eigenvalue weighted by molar-refractivity contribution is 7.17. The van der Waals surface area contributed by atoms with E-state index in [-0.39, 0.29) is 5.82 Å². The molecule has 0 unspecified atom stereocenters. The molecule has 26 heavy (non-hydrogen) atoms. The Hall–Kier alpha value is -2.09. The first-order valence-electron chi connectivity index (χ1n) is 8.75. The predicted molar refractivity (Wildman–Crippen MR) is 98.9 cm³/mol. The highest BCUT2D eigenvalue weighted by atomic mass is 32.1. The number of benzene rings is 1. The summed E-state index contributed by atoms with van der Waals surface area (Å²) in [5.41, 5.74) is 2.03. The van der Waals surface area contributed by atoms with Gasteiger partial charge in [0.25, 0.3) is 0 Å². The number of nitrogens with zero attached hydrogens (tertiary/aromatic N) is 3. The van der Waals surface area contributed by atoms with Crippen LogP contribution in [0.2, 0.25) is 0 Å². The number of hydrogen-bond donors (Lipinski definition) is 0. The Balaban J connectivity index is 1.52. The maximum Gasteiger partial charge on any atom is 0.171 e. The Labute approximate surface area is 154 Å². The molecule has 1 aromatic carbocycles. The van der Waals surface area contributed by atoms with Gasteiger partial charge in [0.1, 0.15) is 22.8 Å². The number of thiophene rings is 1. The summed E-state index contributed by atoms with van der Waals surface area (Å²) in [5, 5.41) is 3.11. The number of anilines is 1. The number of hydrogen-bond acceptors (Lipinski definition) is 6. The van der Waals surface area contributed by atoms with Crippen LogP contribution in [-0.2, 0) is 9.47 Å². The second-order valence-corrected chi connectivity index (χ2v) is 7.49. The van der Waals surface area contributed by atoms with Gasteiger partial charge in [0, 0.05) is 36.9 Å². The van der Waals surface area contributed by atoms with Gasteiger partial charge >= 0.3 is 0 Å². The molecular weight excluding hydrogens is 353 g/mol. The number of halogens is 1. The quantitative estimate of drug-likeness (QED) is 0.685. The van der Waals surface area contributed by atoms with Crippen molar-refractivity contribution in [2.45, 2.75) is 18.6 Å². The molecule has 2 fully saturated rings.